The number of anilines is 1. The van der Waals surface area contributed by atoms with E-state index in [1.54, 1.807) is 31.2 Å². The zero-order chi connectivity index (χ0) is 16.8. The molecule has 0 bridgehead atoms. The van der Waals surface area contributed by atoms with Crippen molar-refractivity contribution in [1.82, 2.24) is 4.90 Å². The Bertz CT molecular complexity index is 646. The summed E-state index contributed by atoms with van der Waals surface area (Å²) < 4.78 is 23.2. The maximum Gasteiger partial charge on any atom is 0.243 e. The molecule has 0 heterocycles. The summed E-state index contributed by atoms with van der Waals surface area (Å²) in [6.07, 6.45) is 0.453. The predicted molar refractivity (Wildman–Crippen MR) is 86.7 cm³/mol. The van der Waals surface area contributed by atoms with Crippen LogP contribution in [-0.2, 0) is 19.4 Å². The van der Waals surface area contributed by atoms with Gasteiger partial charge in [0.25, 0.3) is 0 Å². The zero-order valence-corrected chi connectivity index (χ0v) is 14.1. The quantitative estimate of drug-likeness (QED) is 0.812. The van der Waals surface area contributed by atoms with E-state index in [1.165, 1.54) is 7.05 Å². The molecule has 0 radical (unpaired) electrons. The molecule has 0 atom stereocenters. The van der Waals surface area contributed by atoms with Gasteiger partial charge >= 0.3 is 0 Å². The van der Waals surface area contributed by atoms with Crippen LogP contribution in [0, 0.1) is 0 Å². The molecule has 0 saturated heterocycles. The van der Waals surface area contributed by atoms with E-state index in [9.17, 15) is 18.0 Å². The summed E-state index contributed by atoms with van der Waals surface area (Å²) in [5.74, 6) is -1.65. The third-order valence-electron chi connectivity index (χ3n) is 2.77. The van der Waals surface area contributed by atoms with E-state index in [2.05, 4.69) is 5.32 Å². The Morgan fingerprint density at radius 2 is 2.00 bits per heavy atom. The SMILES string of the molecule is CCCS(=O)(=O)CC(=O)N(C)CC(=O)Nc1cccc(Cl)c1. The van der Waals surface area contributed by atoms with Gasteiger partial charge in [-0.1, -0.05) is 24.6 Å². The Labute approximate surface area is 135 Å². The van der Waals surface area contributed by atoms with Crippen molar-refractivity contribution in [2.45, 2.75) is 13.3 Å². The van der Waals surface area contributed by atoms with Crippen LogP contribution in [-0.4, -0.2) is 50.2 Å². The molecule has 0 aliphatic carbocycles. The summed E-state index contributed by atoms with van der Waals surface area (Å²) in [7, 11) is -2.03. The van der Waals surface area contributed by atoms with E-state index >= 15 is 0 Å². The minimum atomic E-state index is -3.42. The van der Waals surface area contributed by atoms with Crippen molar-refractivity contribution in [2.24, 2.45) is 0 Å². The first-order valence-corrected chi connectivity index (χ1v) is 8.93. The fourth-order valence-corrected chi connectivity index (χ4v) is 3.31. The van der Waals surface area contributed by atoms with Gasteiger partial charge in [0.05, 0.1) is 12.3 Å². The highest BCUT2D eigenvalue weighted by Gasteiger charge is 2.20. The highest BCUT2D eigenvalue weighted by Crippen LogP contribution is 2.14. The number of hydrogen-bond donors (Lipinski definition) is 1. The summed E-state index contributed by atoms with van der Waals surface area (Å²) in [5.41, 5.74) is 0.511. The summed E-state index contributed by atoms with van der Waals surface area (Å²) in [6, 6.07) is 6.60. The summed E-state index contributed by atoms with van der Waals surface area (Å²) in [5, 5.41) is 3.07. The second-order valence-corrected chi connectivity index (χ2v) is 7.52. The summed E-state index contributed by atoms with van der Waals surface area (Å²) in [4.78, 5) is 24.7. The van der Waals surface area contributed by atoms with Crippen LogP contribution < -0.4 is 5.32 Å². The Morgan fingerprint density at radius 3 is 2.59 bits per heavy atom. The molecule has 1 N–H and O–H groups in total. The number of hydrogen-bond acceptors (Lipinski definition) is 4. The molecule has 0 aliphatic heterocycles. The second-order valence-electron chi connectivity index (χ2n) is 4.90. The Kier molecular flexibility index (Phi) is 6.83. The van der Waals surface area contributed by atoms with Crippen LogP contribution in [0.15, 0.2) is 24.3 Å². The molecular formula is C14H19ClN2O4S. The minimum Gasteiger partial charge on any atom is -0.336 e. The average Bonchev–Trinajstić information content (AvgIpc) is 2.37. The Morgan fingerprint density at radius 1 is 1.32 bits per heavy atom. The predicted octanol–water partition coefficient (Wildman–Crippen LogP) is 1.56. The van der Waals surface area contributed by atoms with E-state index in [0.29, 0.717) is 17.1 Å². The van der Waals surface area contributed by atoms with Crippen LogP contribution in [0.25, 0.3) is 0 Å². The van der Waals surface area contributed by atoms with Gasteiger partial charge in [-0.05, 0) is 24.6 Å². The van der Waals surface area contributed by atoms with Crippen molar-refractivity contribution in [1.29, 1.82) is 0 Å². The molecule has 6 nitrogen and oxygen atoms in total. The van der Waals surface area contributed by atoms with Crippen molar-refractivity contribution in [3.05, 3.63) is 29.3 Å². The first kappa shape index (κ1) is 18.4. The van der Waals surface area contributed by atoms with E-state index in [-0.39, 0.29) is 12.3 Å². The van der Waals surface area contributed by atoms with Gasteiger partial charge in [-0.25, -0.2) is 8.42 Å². The number of benzene rings is 1. The lowest BCUT2D eigenvalue weighted by atomic mass is 10.3. The second kappa shape index (κ2) is 8.14. The number of amides is 2. The van der Waals surface area contributed by atoms with Gasteiger partial charge in [-0.15, -0.1) is 0 Å². The number of halogens is 1. The molecule has 1 aromatic carbocycles. The molecular weight excluding hydrogens is 328 g/mol. The van der Waals surface area contributed by atoms with Crippen LogP contribution in [0.5, 0.6) is 0 Å². The fourth-order valence-electron chi connectivity index (χ4n) is 1.75. The smallest absolute Gasteiger partial charge is 0.243 e. The van der Waals surface area contributed by atoms with Crippen molar-refractivity contribution in [3.8, 4) is 0 Å². The van der Waals surface area contributed by atoms with E-state index in [0.717, 1.165) is 4.90 Å². The lowest BCUT2D eigenvalue weighted by Gasteiger charge is -2.16. The van der Waals surface area contributed by atoms with Crippen LogP contribution in [0.2, 0.25) is 5.02 Å². The number of nitrogens with one attached hydrogen (secondary N) is 1. The third kappa shape index (κ3) is 6.44. The molecule has 122 valence electrons. The van der Waals surface area contributed by atoms with Crippen molar-refractivity contribution in [3.63, 3.8) is 0 Å². The number of rotatable bonds is 7. The summed E-state index contributed by atoms with van der Waals surface area (Å²) in [6.45, 7) is 1.50. The van der Waals surface area contributed by atoms with E-state index in [1.807, 2.05) is 0 Å². The number of nitrogens with zero attached hydrogens (tertiary/aromatic N) is 1. The number of carbonyl (C=O) groups is 2. The highest BCUT2D eigenvalue weighted by molar-refractivity contribution is 7.92. The van der Waals surface area contributed by atoms with Gasteiger partial charge in [-0.3, -0.25) is 9.59 Å². The molecule has 0 fully saturated rings. The lowest BCUT2D eigenvalue weighted by Crippen LogP contribution is -2.38. The topological polar surface area (TPSA) is 83.6 Å². The van der Waals surface area contributed by atoms with Crippen LogP contribution in [0.1, 0.15) is 13.3 Å². The molecule has 1 aromatic rings. The largest absolute Gasteiger partial charge is 0.336 e. The monoisotopic (exact) mass is 346 g/mol. The maximum absolute atomic E-state index is 11.8. The van der Waals surface area contributed by atoms with Crippen LogP contribution in [0.4, 0.5) is 5.69 Å². The molecule has 8 heteroatoms. The molecule has 2 amide bonds. The molecule has 22 heavy (non-hydrogen) atoms. The van der Waals surface area contributed by atoms with Crippen molar-refractivity contribution < 1.29 is 18.0 Å². The first-order chi connectivity index (χ1) is 10.2. The number of likely N-dealkylation sites (N-methyl/N-ethyl adjacent to an activating group) is 1. The van der Waals surface area contributed by atoms with Crippen molar-refractivity contribution in [2.75, 3.05) is 30.4 Å². The molecule has 0 aromatic heterocycles. The maximum atomic E-state index is 11.8. The molecule has 0 spiro atoms. The van der Waals surface area contributed by atoms with Gasteiger partial charge in [0, 0.05) is 17.8 Å². The Hall–Kier alpha value is -1.60. The minimum absolute atomic E-state index is 0.0404. The van der Waals surface area contributed by atoms with E-state index in [4.69, 9.17) is 11.6 Å². The lowest BCUT2D eigenvalue weighted by molar-refractivity contribution is -0.131. The normalized spacial score (nSPS) is 11.0. The van der Waals surface area contributed by atoms with Gasteiger partial charge in [0.1, 0.15) is 5.75 Å². The number of carbonyl (C=O) groups excluding carboxylic acids is 2. The molecule has 1 rings (SSSR count). The van der Waals surface area contributed by atoms with Gasteiger partial charge < -0.3 is 10.2 Å². The fraction of sp³-hybridized carbons (Fsp3) is 0.429. The molecule has 0 aliphatic rings. The van der Waals surface area contributed by atoms with Gasteiger partial charge in [0.2, 0.25) is 11.8 Å². The first-order valence-electron chi connectivity index (χ1n) is 6.73. The molecule has 0 saturated carbocycles. The van der Waals surface area contributed by atoms with Crippen LogP contribution in [0.3, 0.4) is 0 Å². The average molecular weight is 347 g/mol. The number of sulfone groups is 1. The van der Waals surface area contributed by atoms with Crippen LogP contribution >= 0.6 is 11.6 Å². The standard InChI is InChI=1S/C14H19ClN2O4S/c1-3-7-22(20,21)10-14(19)17(2)9-13(18)16-12-6-4-5-11(15)8-12/h4-6,8H,3,7,9-10H2,1-2H3,(H,16,18). The Balaban J connectivity index is 2.55. The molecule has 0 unspecified atom stereocenters. The zero-order valence-electron chi connectivity index (χ0n) is 12.5. The third-order valence-corrected chi connectivity index (χ3v) is 4.73. The van der Waals surface area contributed by atoms with Crippen molar-refractivity contribution >= 4 is 38.9 Å². The van der Waals surface area contributed by atoms with Gasteiger partial charge in [0.15, 0.2) is 9.84 Å². The van der Waals surface area contributed by atoms with Gasteiger partial charge in [-0.2, -0.15) is 0 Å². The highest BCUT2D eigenvalue weighted by atomic mass is 35.5. The van der Waals surface area contributed by atoms with E-state index < -0.39 is 27.4 Å². The summed E-state index contributed by atoms with van der Waals surface area (Å²) >= 11 is 5.80.